The molecule has 8 nitrogen and oxygen atoms in total. The second kappa shape index (κ2) is 10.7. The Kier molecular flexibility index (Phi) is 7.47. The Morgan fingerprint density at radius 1 is 1.03 bits per heavy atom. The summed E-state index contributed by atoms with van der Waals surface area (Å²) in [5.74, 6) is -1.17. The maximum Gasteiger partial charge on any atom is 0.407 e. The normalized spacial score (nSPS) is 16.1. The highest BCUT2D eigenvalue weighted by Crippen LogP contribution is 2.44. The van der Waals surface area contributed by atoms with E-state index in [-0.39, 0.29) is 31.5 Å². The third-order valence-electron chi connectivity index (χ3n) is 6.53. The minimum absolute atomic E-state index is 0.0353. The molecule has 0 spiro atoms. The summed E-state index contributed by atoms with van der Waals surface area (Å²) in [6.07, 6.45) is 1.00. The van der Waals surface area contributed by atoms with E-state index in [1.54, 1.807) is 7.11 Å². The van der Waals surface area contributed by atoms with Gasteiger partial charge in [0.15, 0.2) is 0 Å². The smallest absolute Gasteiger partial charge is 0.407 e. The Bertz CT molecular complexity index is 1010. The number of aliphatic carboxylic acids is 1. The second-order valence-corrected chi connectivity index (χ2v) is 8.81. The topological polar surface area (TPSA) is 114 Å². The van der Waals surface area contributed by atoms with Gasteiger partial charge < -0.3 is 25.2 Å². The van der Waals surface area contributed by atoms with E-state index in [4.69, 9.17) is 14.6 Å². The molecule has 0 radical (unpaired) electrons. The van der Waals surface area contributed by atoms with Crippen LogP contribution in [0.4, 0.5) is 4.79 Å². The van der Waals surface area contributed by atoms with Gasteiger partial charge in [-0.1, -0.05) is 48.5 Å². The molecule has 2 atom stereocenters. The Hall–Kier alpha value is -3.39. The standard InChI is InChI=1S/C26H30N2O6/c1-33-23(16-10-11-16)14-27-25(31)22(12-13-24(29)30)28-26(32)34-15-21-19-8-4-2-6-17(19)18-7-3-5-9-20(18)21/h2-9,16,21-23H,10-15H2,1H3,(H,27,31)(H,28,32)(H,29,30). The summed E-state index contributed by atoms with van der Waals surface area (Å²) in [6, 6.07) is 15.0. The van der Waals surface area contributed by atoms with E-state index in [0.29, 0.717) is 12.5 Å². The average Bonchev–Trinajstić information content (AvgIpc) is 3.63. The van der Waals surface area contributed by atoms with E-state index in [2.05, 4.69) is 22.8 Å². The van der Waals surface area contributed by atoms with E-state index in [1.165, 1.54) is 0 Å². The van der Waals surface area contributed by atoms with Crippen molar-refractivity contribution in [3.8, 4) is 11.1 Å². The lowest BCUT2D eigenvalue weighted by atomic mass is 9.98. The Labute approximate surface area is 198 Å². The molecule has 2 amide bonds. The van der Waals surface area contributed by atoms with E-state index < -0.39 is 24.0 Å². The van der Waals surface area contributed by atoms with E-state index in [0.717, 1.165) is 35.1 Å². The zero-order valence-corrected chi connectivity index (χ0v) is 19.2. The van der Waals surface area contributed by atoms with Crippen LogP contribution in [-0.2, 0) is 19.1 Å². The van der Waals surface area contributed by atoms with Crippen LogP contribution >= 0.6 is 0 Å². The Balaban J connectivity index is 1.37. The average molecular weight is 467 g/mol. The van der Waals surface area contributed by atoms with Gasteiger partial charge in [0.05, 0.1) is 6.10 Å². The van der Waals surface area contributed by atoms with Gasteiger partial charge in [0, 0.05) is 26.0 Å². The first kappa shape index (κ1) is 23.8. The Morgan fingerprint density at radius 3 is 2.21 bits per heavy atom. The molecule has 0 saturated heterocycles. The summed E-state index contributed by atoms with van der Waals surface area (Å²) in [5, 5.41) is 14.4. The van der Waals surface area contributed by atoms with Gasteiger partial charge in [0.1, 0.15) is 12.6 Å². The highest BCUT2D eigenvalue weighted by molar-refractivity contribution is 5.86. The summed E-state index contributed by atoms with van der Waals surface area (Å²) >= 11 is 0. The number of carbonyl (C=O) groups is 3. The van der Waals surface area contributed by atoms with Gasteiger partial charge in [-0.25, -0.2) is 4.79 Å². The van der Waals surface area contributed by atoms with Crippen LogP contribution < -0.4 is 10.6 Å². The first-order valence-corrected chi connectivity index (χ1v) is 11.6. The van der Waals surface area contributed by atoms with Gasteiger partial charge in [0.25, 0.3) is 0 Å². The van der Waals surface area contributed by atoms with Crippen LogP contribution in [0.25, 0.3) is 11.1 Å². The number of carbonyl (C=O) groups excluding carboxylic acids is 2. The van der Waals surface area contributed by atoms with E-state index >= 15 is 0 Å². The van der Waals surface area contributed by atoms with Crippen molar-refractivity contribution in [3.63, 3.8) is 0 Å². The lowest BCUT2D eigenvalue weighted by molar-refractivity contribution is -0.137. The number of carboxylic acids is 1. The molecule has 0 aliphatic heterocycles. The second-order valence-electron chi connectivity index (χ2n) is 8.81. The van der Waals surface area contributed by atoms with E-state index in [1.807, 2.05) is 36.4 Å². The summed E-state index contributed by atoms with van der Waals surface area (Å²) in [6.45, 7) is 0.427. The fourth-order valence-electron chi connectivity index (χ4n) is 4.55. The van der Waals surface area contributed by atoms with Crippen molar-refractivity contribution in [2.24, 2.45) is 5.92 Å². The van der Waals surface area contributed by atoms with Crippen LogP contribution in [0.1, 0.15) is 42.7 Å². The largest absolute Gasteiger partial charge is 0.481 e. The monoisotopic (exact) mass is 466 g/mol. The van der Waals surface area contributed by atoms with Crippen LogP contribution in [0, 0.1) is 5.92 Å². The molecule has 2 aliphatic rings. The van der Waals surface area contributed by atoms with Crippen molar-refractivity contribution in [3.05, 3.63) is 59.7 Å². The number of hydrogen-bond acceptors (Lipinski definition) is 5. The van der Waals surface area contributed by atoms with Crippen LogP contribution in [0.3, 0.4) is 0 Å². The first-order valence-electron chi connectivity index (χ1n) is 11.6. The molecule has 1 fully saturated rings. The number of benzene rings is 2. The molecule has 3 N–H and O–H groups in total. The molecule has 0 heterocycles. The quantitative estimate of drug-likeness (QED) is 0.468. The van der Waals surface area contributed by atoms with Crippen molar-refractivity contribution in [2.45, 2.75) is 43.7 Å². The molecular formula is C26H30N2O6. The number of alkyl carbamates (subject to hydrolysis) is 1. The number of nitrogens with one attached hydrogen (secondary N) is 2. The van der Waals surface area contributed by atoms with Crippen molar-refractivity contribution < 1.29 is 29.0 Å². The predicted octanol–water partition coefficient (Wildman–Crippen LogP) is 3.30. The van der Waals surface area contributed by atoms with Gasteiger partial charge in [-0.3, -0.25) is 9.59 Å². The fourth-order valence-corrected chi connectivity index (χ4v) is 4.55. The minimum Gasteiger partial charge on any atom is -0.481 e. The number of methoxy groups -OCH3 is 1. The molecule has 0 aromatic heterocycles. The Morgan fingerprint density at radius 2 is 1.65 bits per heavy atom. The van der Waals surface area contributed by atoms with Crippen molar-refractivity contribution in [2.75, 3.05) is 20.3 Å². The molecule has 2 unspecified atom stereocenters. The first-order chi connectivity index (χ1) is 16.5. The third-order valence-corrected chi connectivity index (χ3v) is 6.53. The fraction of sp³-hybridized carbons (Fsp3) is 0.423. The summed E-state index contributed by atoms with van der Waals surface area (Å²) in [7, 11) is 1.60. The predicted molar refractivity (Wildman–Crippen MR) is 125 cm³/mol. The van der Waals surface area contributed by atoms with Gasteiger partial charge in [-0.05, 0) is 47.4 Å². The molecule has 180 valence electrons. The zero-order valence-electron chi connectivity index (χ0n) is 19.2. The SMILES string of the molecule is COC(CNC(=O)C(CCC(=O)O)NC(=O)OCC1c2ccccc2-c2ccccc21)C1CC1. The molecule has 0 bridgehead atoms. The molecular weight excluding hydrogens is 436 g/mol. The number of carboxylic acid groups (broad SMARTS) is 1. The maximum absolute atomic E-state index is 12.7. The number of amides is 2. The lowest BCUT2D eigenvalue weighted by Crippen LogP contribution is -2.49. The van der Waals surface area contributed by atoms with Crippen molar-refractivity contribution >= 4 is 18.0 Å². The van der Waals surface area contributed by atoms with Crippen molar-refractivity contribution in [1.29, 1.82) is 0 Å². The summed E-state index contributed by atoms with van der Waals surface area (Å²) < 4.78 is 10.9. The molecule has 4 rings (SSSR count). The third kappa shape index (κ3) is 5.56. The van der Waals surface area contributed by atoms with E-state index in [9.17, 15) is 14.4 Å². The van der Waals surface area contributed by atoms with Gasteiger partial charge >= 0.3 is 12.1 Å². The van der Waals surface area contributed by atoms with Crippen LogP contribution in [0.5, 0.6) is 0 Å². The van der Waals surface area contributed by atoms with Gasteiger partial charge in [-0.2, -0.15) is 0 Å². The molecule has 2 aromatic rings. The molecule has 2 aromatic carbocycles. The molecule has 1 saturated carbocycles. The summed E-state index contributed by atoms with van der Waals surface area (Å²) in [4.78, 5) is 36.4. The molecule has 34 heavy (non-hydrogen) atoms. The number of ether oxygens (including phenoxy) is 2. The number of hydrogen-bond donors (Lipinski definition) is 3. The lowest BCUT2D eigenvalue weighted by Gasteiger charge is -2.21. The van der Waals surface area contributed by atoms with Crippen LogP contribution in [0.2, 0.25) is 0 Å². The highest BCUT2D eigenvalue weighted by atomic mass is 16.5. The highest BCUT2D eigenvalue weighted by Gasteiger charge is 2.33. The maximum atomic E-state index is 12.7. The van der Waals surface area contributed by atoms with Crippen LogP contribution in [0.15, 0.2) is 48.5 Å². The van der Waals surface area contributed by atoms with Gasteiger partial charge in [0.2, 0.25) is 5.91 Å². The number of fused-ring (bicyclic) bond motifs is 3. The molecule has 8 heteroatoms. The molecule has 2 aliphatic carbocycles. The van der Waals surface area contributed by atoms with Crippen LogP contribution in [-0.4, -0.2) is 55.5 Å². The van der Waals surface area contributed by atoms with Crippen molar-refractivity contribution in [1.82, 2.24) is 10.6 Å². The van der Waals surface area contributed by atoms with Gasteiger partial charge in [-0.15, -0.1) is 0 Å². The zero-order chi connectivity index (χ0) is 24.1. The number of rotatable bonds is 11. The minimum atomic E-state index is -1.04. The summed E-state index contributed by atoms with van der Waals surface area (Å²) in [5.41, 5.74) is 4.41.